The van der Waals surface area contributed by atoms with Crippen molar-refractivity contribution >= 4 is 22.6 Å². The Balaban J connectivity index is 2.12. The molecule has 0 saturated heterocycles. The van der Waals surface area contributed by atoms with Crippen molar-refractivity contribution in [3.63, 3.8) is 0 Å². The van der Waals surface area contributed by atoms with E-state index in [0.29, 0.717) is 11.9 Å². The molecule has 1 aliphatic carbocycles. The molecule has 2 aromatic rings. The molecule has 0 amide bonds. The Morgan fingerprint density at radius 2 is 1.90 bits per heavy atom. The molecule has 1 saturated carbocycles. The molecular formula is C18H25ClN2. The van der Waals surface area contributed by atoms with Gasteiger partial charge in [-0.25, -0.2) is 4.98 Å². The first-order valence-electron chi connectivity index (χ1n) is 8.12. The average Bonchev–Trinajstić information content (AvgIpc) is 2.77. The number of aromatic nitrogens is 2. The first-order valence-corrected chi connectivity index (χ1v) is 8.66. The Morgan fingerprint density at radius 1 is 1.19 bits per heavy atom. The van der Waals surface area contributed by atoms with Crippen LogP contribution in [0.5, 0.6) is 0 Å². The zero-order valence-corrected chi connectivity index (χ0v) is 14.0. The van der Waals surface area contributed by atoms with Crippen molar-refractivity contribution < 1.29 is 0 Å². The second-order valence-electron chi connectivity index (χ2n) is 6.85. The fourth-order valence-corrected chi connectivity index (χ4v) is 4.31. The maximum Gasteiger partial charge on any atom is 0.111 e. The summed E-state index contributed by atoms with van der Waals surface area (Å²) < 4.78 is 2.51. The normalized spacial score (nSPS) is 26.4. The van der Waals surface area contributed by atoms with Gasteiger partial charge >= 0.3 is 0 Å². The Kier molecular flexibility index (Phi) is 4.26. The molecule has 1 heterocycles. The molecule has 0 N–H and O–H groups in total. The topological polar surface area (TPSA) is 17.8 Å². The molecule has 3 rings (SSSR count). The van der Waals surface area contributed by atoms with Gasteiger partial charge in [0.05, 0.1) is 11.0 Å². The first kappa shape index (κ1) is 14.9. The summed E-state index contributed by atoms with van der Waals surface area (Å²) in [5.41, 5.74) is 3.77. The molecule has 21 heavy (non-hydrogen) atoms. The van der Waals surface area contributed by atoms with Gasteiger partial charge < -0.3 is 4.57 Å². The van der Waals surface area contributed by atoms with Crippen LogP contribution in [-0.4, -0.2) is 15.4 Å². The summed E-state index contributed by atoms with van der Waals surface area (Å²) in [6, 6.07) is 7.01. The van der Waals surface area contributed by atoms with E-state index in [1.165, 1.54) is 36.2 Å². The lowest BCUT2D eigenvalue weighted by molar-refractivity contribution is 0.222. The molecule has 0 bridgehead atoms. The van der Waals surface area contributed by atoms with Gasteiger partial charge in [0.1, 0.15) is 5.82 Å². The zero-order chi connectivity index (χ0) is 15.0. The van der Waals surface area contributed by atoms with Crippen LogP contribution in [-0.2, 0) is 6.42 Å². The average molecular weight is 305 g/mol. The first-order chi connectivity index (χ1) is 10.1. The summed E-state index contributed by atoms with van der Waals surface area (Å²) in [5.74, 6) is 3.40. The smallest absolute Gasteiger partial charge is 0.111 e. The van der Waals surface area contributed by atoms with Crippen LogP contribution in [0.2, 0.25) is 0 Å². The molecule has 114 valence electrons. The third kappa shape index (κ3) is 2.83. The molecule has 2 atom stereocenters. The van der Waals surface area contributed by atoms with Crippen molar-refractivity contribution in [1.82, 2.24) is 9.55 Å². The molecule has 2 nitrogen and oxygen atoms in total. The number of fused-ring (bicyclic) bond motifs is 1. The van der Waals surface area contributed by atoms with Crippen LogP contribution in [0.1, 0.15) is 50.5 Å². The second kappa shape index (κ2) is 6.00. The third-order valence-corrected chi connectivity index (χ3v) is 5.01. The van der Waals surface area contributed by atoms with Crippen LogP contribution in [0.4, 0.5) is 0 Å². The predicted octanol–water partition coefficient (Wildman–Crippen LogP) is 5.12. The van der Waals surface area contributed by atoms with Crippen LogP contribution in [0.25, 0.3) is 11.0 Å². The number of hydrogen-bond acceptors (Lipinski definition) is 1. The summed E-state index contributed by atoms with van der Waals surface area (Å²) in [5, 5.41) is 0. The molecule has 0 aliphatic heterocycles. The number of alkyl halides is 1. The summed E-state index contributed by atoms with van der Waals surface area (Å²) in [7, 11) is 0. The van der Waals surface area contributed by atoms with E-state index in [1.54, 1.807) is 0 Å². The number of nitrogens with zero attached hydrogens (tertiary/aromatic N) is 2. The SMILES string of the molecule is Cc1cccc2nc(CCCl)n(C3CC(C)CC(C)C3)c12. The number of hydrogen-bond donors (Lipinski definition) is 0. The Bertz CT molecular complexity index is 621. The number of benzene rings is 1. The van der Waals surface area contributed by atoms with Gasteiger partial charge in [-0.15, -0.1) is 11.6 Å². The molecule has 1 aromatic carbocycles. The van der Waals surface area contributed by atoms with E-state index >= 15 is 0 Å². The zero-order valence-electron chi connectivity index (χ0n) is 13.3. The minimum atomic E-state index is 0.577. The maximum atomic E-state index is 6.02. The van der Waals surface area contributed by atoms with E-state index < -0.39 is 0 Å². The van der Waals surface area contributed by atoms with Crippen LogP contribution in [0.15, 0.2) is 18.2 Å². The predicted molar refractivity (Wildman–Crippen MR) is 90.1 cm³/mol. The van der Waals surface area contributed by atoms with Crippen molar-refractivity contribution in [3.05, 3.63) is 29.6 Å². The van der Waals surface area contributed by atoms with Gasteiger partial charge in [0.15, 0.2) is 0 Å². The molecule has 3 heteroatoms. The highest BCUT2D eigenvalue weighted by Crippen LogP contribution is 2.39. The van der Waals surface area contributed by atoms with Gasteiger partial charge in [0.2, 0.25) is 0 Å². The molecule has 2 unspecified atom stereocenters. The molecule has 1 aliphatic rings. The van der Waals surface area contributed by atoms with Crippen molar-refractivity contribution in [1.29, 1.82) is 0 Å². The Hall–Kier alpha value is -1.02. The minimum Gasteiger partial charge on any atom is -0.325 e. The highest BCUT2D eigenvalue weighted by Gasteiger charge is 2.28. The van der Waals surface area contributed by atoms with Crippen molar-refractivity contribution in [2.45, 2.75) is 52.5 Å². The van der Waals surface area contributed by atoms with Gasteiger partial charge in [-0.3, -0.25) is 0 Å². The van der Waals surface area contributed by atoms with Gasteiger partial charge in [-0.2, -0.15) is 0 Å². The minimum absolute atomic E-state index is 0.577. The summed E-state index contributed by atoms with van der Waals surface area (Å²) in [6.45, 7) is 6.96. The highest BCUT2D eigenvalue weighted by molar-refractivity contribution is 6.17. The molecule has 1 fully saturated rings. The fourth-order valence-electron chi connectivity index (χ4n) is 4.14. The number of imidazole rings is 1. The van der Waals surface area contributed by atoms with Crippen LogP contribution < -0.4 is 0 Å². The lowest BCUT2D eigenvalue weighted by Gasteiger charge is -2.33. The summed E-state index contributed by atoms with van der Waals surface area (Å²) in [6.07, 6.45) is 4.74. The van der Waals surface area contributed by atoms with E-state index in [4.69, 9.17) is 16.6 Å². The molecule has 1 aromatic heterocycles. The van der Waals surface area contributed by atoms with E-state index in [9.17, 15) is 0 Å². The second-order valence-corrected chi connectivity index (χ2v) is 7.23. The Labute approximate surface area is 132 Å². The molecule has 0 spiro atoms. The van der Waals surface area contributed by atoms with E-state index in [1.807, 2.05) is 0 Å². The lowest BCUT2D eigenvalue weighted by Crippen LogP contribution is -2.24. The van der Waals surface area contributed by atoms with Crippen molar-refractivity contribution in [3.8, 4) is 0 Å². The third-order valence-electron chi connectivity index (χ3n) is 4.82. The number of rotatable bonds is 3. The summed E-state index contributed by atoms with van der Waals surface area (Å²) >= 11 is 6.02. The maximum absolute atomic E-state index is 6.02. The van der Waals surface area contributed by atoms with Gasteiger partial charge in [-0.1, -0.05) is 26.0 Å². The quantitative estimate of drug-likeness (QED) is 0.719. The van der Waals surface area contributed by atoms with Gasteiger partial charge in [0, 0.05) is 18.3 Å². The van der Waals surface area contributed by atoms with E-state index in [-0.39, 0.29) is 0 Å². The van der Waals surface area contributed by atoms with Gasteiger partial charge in [-0.05, 0) is 49.7 Å². The van der Waals surface area contributed by atoms with E-state index in [0.717, 1.165) is 23.8 Å². The van der Waals surface area contributed by atoms with Crippen molar-refractivity contribution in [2.24, 2.45) is 11.8 Å². The number of aryl methyl sites for hydroxylation is 2. The monoisotopic (exact) mass is 304 g/mol. The van der Waals surface area contributed by atoms with Gasteiger partial charge in [0.25, 0.3) is 0 Å². The molecule has 0 radical (unpaired) electrons. The highest BCUT2D eigenvalue weighted by atomic mass is 35.5. The van der Waals surface area contributed by atoms with Crippen LogP contribution >= 0.6 is 11.6 Å². The molecular weight excluding hydrogens is 280 g/mol. The van der Waals surface area contributed by atoms with Crippen LogP contribution in [0, 0.1) is 18.8 Å². The largest absolute Gasteiger partial charge is 0.325 e. The number of para-hydroxylation sites is 1. The van der Waals surface area contributed by atoms with Crippen molar-refractivity contribution in [2.75, 3.05) is 5.88 Å². The fraction of sp³-hybridized carbons (Fsp3) is 0.611. The standard InChI is InChI=1S/C18H25ClN2/c1-12-9-13(2)11-15(10-12)21-17(7-8-19)20-16-6-4-5-14(3)18(16)21/h4-6,12-13,15H,7-11H2,1-3H3. The lowest BCUT2D eigenvalue weighted by atomic mass is 9.80. The van der Waals surface area contributed by atoms with Crippen LogP contribution in [0.3, 0.4) is 0 Å². The summed E-state index contributed by atoms with van der Waals surface area (Å²) in [4.78, 5) is 4.87. The van der Waals surface area contributed by atoms with E-state index in [2.05, 4.69) is 43.5 Å². The number of halogens is 1. The Morgan fingerprint density at radius 3 is 2.57 bits per heavy atom.